The van der Waals surface area contributed by atoms with Crippen LogP contribution in [0.15, 0.2) is 30.7 Å². The van der Waals surface area contributed by atoms with Gasteiger partial charge in [0.15, 0.2) is 0 Å². The molecule has 1 heterocycles. The Hall–Kier alpha value is -1.97. The smallest absolute Gasteiger partial charge is 0.138 e. The van der Waals surface area contributed by atoms with Gasteiger partial charge in [0, 0.05) is 5.56 Å². The third-order valence-electron chi connectivity index (χ3n) is 2.63. The number of benzene rings is 1. The van der Waals surface area contributed by atoms with Crippen molar-refractivity contribution in [2.45, 2.75) is 19.8 Å². The zero-order chi connectivity index (χ0) is 12.3. The SMILES string of the molecule is COc1c(-c2cncnn2)cccc1C(C)C. The second-order valence-electron chi connectivity index (χ2n) is 4.08. The summed E-state index contributed by atoms with van der Waals surface area (Å²) < 4.78 is 5.50. The number of rotatable bonds is 3. The minimum atomic E-state index is 0.398. The van der Waals surface area contributed by atoms with Crippen LogP contribution in [0, 0.1) is 0 Å². The lowest BCUT2D eigenvalue weighted by Crippen LogP contribution is -1.98. The van der Waals surface area contributed by atoms with Gasteiger partial charge in [-0.1, -0.05) is 26.0 Å². The second-order valence-corrected chi connectivity index (χ2v) is 4.08. The van der Waals surface area contributed by atoms with Gasteiger partial charge in [-0.2, -0.15) is 0 Å². The highest BCUT2D eigenvalue weighted by molar-refractivity contribution is 5.68. The molecule has 0 spiro atoms. The summed E-state index contributed by atoms with van der Waals surface area (Å²) in [6, 6.07) is 6.04. The molecule has 0 aliphatic rings. The number of hydrogen-bond acceptors (Lipinski definition) is 4. The average Bonchev–Trinajstić information content (AvgIpc) is 2.38. The maximum Gasteiger partial charge on any atom is 0.138 e. The molecule has 4 heteroatoms. The Morgan fingerprint density at radius 3 is 2.65 bits per heavy atom. The van der Waals surface area contributed by atoms with Crippen molar-refractivity contribution < 1.29 is 4.74 Å². The molecule has 0 fully saturated rings. The molecule has 1 aromatic heterocycles. The number of methoxy groups -OCH3 is 1. The van der Waals surface area contributed by atoms with E-state index >= 15 is 0 Å². The van der Waals surface area contributed by atoms with Gasteiger partial charge in [-0.3, -0.25) is 0 Å². The summed E-state index contributed by atoms with van der Waals surface area (Å²) in [6.07, 6.45) is 3.11. The molecule has 0 aliphatic heterocycles. The van der Waals surface area contributed by atoms with E-state index in [0.29, 0.717) is 5.92 Å². The Balaban J connectivity index is 2.59. The van der Waals surface area contributed by atoms with Crippen LogP contribution in [0.2, 0.25) is 0 Å². The minimum Gasteiger partial charge on any atom is -0.496 e. The van der Waals surface area contributed by atoms with E-state index < -0.39 is 0 Å². The number of nitrogens with zero attached hydrogens (tertiary/aromatic N) is 3. The standard InChI is InChI=1S/C13H15N3O/c1-9(2)10-5-4-6-11(13(10)17-3)12-7-14-8-15-16-12/h4-9H,1-3H3. The summed E-state index contributed by atoms with van der Waals surface area (Å²) in [5.74, 6) is 1.25. The van der Waals surface area contributed by atoms with Crippen molar-refractivity contribution in [3.05, 3.63) is 36.3 Å². The first-order valence-corrected chi connectivity index (χ1v) is 5.54. The second kappa shape index (κ2) is 4.91. The van der Waals surface area contributed by atoms with E-state index in [4.69, 9.17) is 4.74 Å². The van der Waals surface area contributed by atoms with Crippen LogP contribution in [0.4, 0.5) is 0 Å². The van der Waals surface area contributed by atoms with Crippen LogP contribution in [0.25, 0.3) is 11.3 Å². The van der Waals surface area contributed by atoms with E-state index in [1.54, 1.807) is 13.3 Å². The summed E-state index contributed by atoms with van der Waals surface area (Å²) in [7, 11) is 1.68. The Morgan fingerprint density at radius 1 is 1.24 bits per heavy atom. The molecule has 2 rings (SSSR count). The van der Waals surface area contributed by atoms with E-state index in [1.165, 1.54) is 6.33 Å². The van der Waals surface area contributed by atoms with Gasteiger partial charge in [-0.25, -0.2) is 4.98 Å². The molecular weight excluding hydrogens is 214 g/mol. The Morgan fingerprint density at radius 2 is 2.06 bits per heavy atom. The summed E-state index contributed by atoms with van der Waals surface area (Å²) in [5.41, 5.74) is 2.82. The molecule has 0 saturated carbocycles. The van der Waals surface area contributed by atoms with Crippen molar-refractivity contribution in [3.8, 4) is 17.0 Å². The van der Waals surface area contributed by atoms with Gasteiger partial charge >= 0.3 is 0 Å². The number of para-hydroxylation sites is 1. The average molecular weight is 229 g/mol. The van der Waals surface area contributed by atoms with Crippen molar-refractivity contribution in [3.63, 3.8) is 0 Å². The minimum absolute atomic E-state index is 0.398. The van der Waals surface area contributed by atoms with Crippen molar-refractivity contribution >= 4 is 0 Å². The Kier molecular flexibility index (Phi) is 3.32. The molecule has 0 amide bonds. The molecule has 0 N–H and O–H groups in total. The third kappa shape index (κ3) is 2.25. The highest BCUT2D eigenvalue weighted by Crippen LogP contribution is 2.35. The monoisotopic (exact) mass is 229 g/mol. The van der Waals surface area contributed by atoms with E-state index in [9.17, 15) is 0 Å². The third-order valence-corrected chi connectivity index (χ3v) is 2.63. The largest absolute Gasteiger partial charge is 0.496 e. The molecule has 17 heavy (non-hydrogen) atoms. The van der Waals surface area contributed by atoms with Crippen LogP contribution in [0.3, 0.4) is 0 Å². The van der Waals surface area contributed by atoms with Gasteiger partial charge < -0.3 is 4.74 Å². The first-order chi connectivity index (χ1) is 8.24. The number of aromatic nitrogens is 3. The Labute approximate surface area is 101 Å². The summed E-state index contributed by atoms with van der Waals surface area (Å²) >= 11 is 0. The Bertz CT molecular complexity index is 497. The molecule has 88 valence electrons. The first-order valence-electron chi connectivity index (χ1n) is 5.54. The molecule has 0 aliphatic carbocycles. The van der Waals surface area contributed by atoms with Crippen LogP contribution < -0.4 is 4.74 Å². The molecule has 0 atom stereocenters. The fraction of sp³-hybridized carbons (Fsp3) is 0.308. The number of hydrogen-bond donors (Lipinski definition) is 0. The van der Waals surface area contributed by atoms with Gasteiger partial charge in [-0.15, -0.1) is 10.2 Å². The normalized spacial score (nSPS) is 10.6. The maximum atomic E-state index is 5.50. The van der Waals surface area contributed by atoms with Crippen LogP contribution in [-0.4, -0.2) is 22.3 Å². The van der Waals surface area contributed by atoms with E-state index in [2.05, 4.69) is 35.1 Å². The van der Waals surface area contributed by atoms with Crippen LogP contribution in [-0.2, 0) is 0 Å². The first kappa shape index (κ1) is 11.5. The van der Waals surface area contributed by atoms with Gasteiger partial charge in [0.2, 0.25) is 0 Å². The van der Waals surface area contributed by atoms with E-state index in [-0.39, 0.29) is 0 Å². The van der Waals surface area contributed by atoms with Crippen molar-refractivity contribution in [1.29, 1.82) is 0 Å². The predicted molar refractivity (Wildman–Crippen MR) is 65.9 cm³/mol. The predicted octanol–water partition coefficient (Wildman–Crippen LogP) is 2.67. The molecule has 0 saturated heterocycles. The van der Waals surface area contributed by atoms with Crippen molar-refractivity contribution in [2.75, 3.05) is 7.11 Å². The fourth-order valence-corrected chi connectivity index (χ4v) is 1.81. The van der Waals surface area contributed by atoms with Crippen LogP contribution in [0.5, 0.6) is 5.75 Å². The highest BCUT2D eigenvalue weighted by Gasteiger charge is 2.14. The zero-order valence-corrected chi connectivity index (χ0v) is 10.2. The van der Waals surface area contributed by atoms with Crippen LogP contribution >= 0.6 is 0 Å². The summed E-state index contributed by atoms with van der Waals surface area (Å²) in [6.45, 7) is 4.27. The molecule has 2 aromatic rings. The summed E-state index contributed by atoms with van der Waals surface area (Å²) in [4.78, 5) is 3.98. The lowest BCUT2D eigenvalue weighted by molar-refractivity contribution is 0.409. The molecule has 4 nitrogen and oxygen atoms in total. The maximum absolute atomic E-state index is 5.50. The molecular formula is C13H15N3O. The van der Waals surface area contributed by atoms with Gasteiger partial charge in [0.1, 0.15) is 17.8 Å². The van der Waals surface area contributed by atoms with E-state index in [0.717, 1.165) is 22.6 Å². The van der Waals surface area contributed by atoms with Gasteiger partial charge in [0.05, 0.1) is 13.3 Å². The lowest BCUT2D eigenvalue weighted by atomic mass is 9.98. The van der Waals surface area contributed by atoms with Crippen molar-refractivity contribution in [1.82, 2.24) is 15.2 Å². The van der Waals surface area contributed by atoms with Crippen molar-refractivity contribution in [2.24, 2.45) is 0 Å². The van der Waals surface area contributed by atoms with Gasteiger partial charge in [-0.05, 0) is 17.5 Å². The van der Waals surface area contributed by atoms with Gasteiger partial charge in [0.25, 0.3) is 0 Å². The highest BCUT2D eigenvalue weighted by atomic mass is 16.5. The quantitative estimate of drug-likeness (QED) is 0.811. The topological polar surface area (TPSA) is 47.9 Å². The lowest BCUT2D eigenvalue weighted by Gasteiger charge is -2.14. The molecule has 0 unspecified atom stereocenters. The van der Waals surface area contributed by atoms with Crippen LogP contribution in [0.1, 0.15) is 25.3 Å². The molecule has 0 radical (unpaired) electrons. The molecule has 0 bridgehead atoms. The number of ether oxygens (including phenoxy) is 1. The fourth-order valence-electron chi connectivity index (χ4n) is 1.81. The zero-order valence-electron chi connectivity index (χ0n) is 10.2. The molecule has 1 aromatic carbocycles. The van der Waals surface area contributed by atoms with E-state index in [1.807, 2.05) is 12.1 Å². The summed E-state index contributed by atoms with van der Waals surface area (Å²) in [5, 5.41) is 7.86.